The average Bonchev–Trinajstić information content (AvgIpc) is 1.59. The lowest BCUT2D eigenvalue weighted by atomic mass is 9.80. The number of benzene rings is 4. The molecule has 4 spiro atoms. The standard InChI is InChI=1S/C24H24BrN5O3.C24H23BrN4O3.C24H25N5O3.C24H24N4O3/c1-12-15-4-5-30(23(15)28-11-27-12)18-8-24(21(32)20(18)31)9-19(33-10-24)14-3-2-13-6-16(25)22(26)29-17(13)7-14;25-16-8-14-3-4-15(9-17(14)28-22(16)26)19-11-24(12-32-19)10-18(20(30)21(24)31)29-7-5-13-2-1-6-27-23(13)29;1-13-16-6-7-29(23(16)27-12-26-13)18-9-24(22(31)21(18)30)10-19(32-11-24)15-3-2-14-4-5-20(25)28-17(14)8-15;25-20-6-5-14-3-4-16(10-17(14)27-20)19-12-24(13-31-19)11-18(21(29)22(24)30)28-9-7-15-2-1-8-26-23(15)28/h2-7,11,18-21,31-32H,8-10H2,1H3,(H2,26,29);1-9,18-21,30-31H,10-12H2,(H2,26,28);2-8,12,18-19,21-22,30-31H,9-11H2,1H3,(H2,25,28);1-10,18-19,21-22,29-30H,11-13H2,(H2,25,27). The fourth-order valence-electron chi connectivity index (χ4n) is 21.9. The number of rotatable bonds is 8. The molecule has 0 amide bonds. The highest BCUT2D eigenvalue weighted by Crippen LogP contribution is 2.60. The molecule has 4 aromatic carbocycles. The Morgan fingerprint density at radius 2 is 0.633 bits per heavy atom. The first-order chi connectivity index (χ1) is 61.8. The molecule has 8 fully saturated rings. The summed E-state index contributed by atoms with van der Waals surface area (Å²) >= 11 is 6.84. The molecule has 16 aromatic rings. The number of aromatic nitrogens is 14. The van der Waals surface area contributed by atoms with E-state index >= 15 is 0 Å². The Morgan fingerprint density at radius 1 is 0.328 bits per heavy atom. The molecule has 12 aromatic heterocycles. The van der Waals surface area contributed by atoms with Crippen LogP contribution in [0.2, 0.25) is 0 Å². The number of anilines is 4. The third-order valence-corrected chi connectivity index (χ3v) is 30.2. The Labute approximate surface area is 749 Å². The molecule has 0 bridgehead atoms. The highest BCUT2D eigenvalue weighted by Gasteiger charge is 2.61. The van der Waals surface area contributed by atoms with Crippen molar-refractivity contribution in [3.05, 3.63) is 250 Å². The van der Waals surface area contributed by atoms with Gasteiger partial charge in [0.15, 0.2) is 0 Å². The van der Waals surface area contributed by atoms with Crippen LogP contribution < -0.4 is 22.9 Å². The second-order valence-corrected chi connectivity index (χ2v) is 38.1. The second kappa shape index (κ2) is 32.5. The summed E-state index contributed by atoms with van der Waals surface area (Å²) in [6, 6.07) is 50.3. The van der Waals surface area contributed by atoms with Crippen LogP contribution in [0.3, 0.4) is 0 Å². The molecule has 0 radical (unpaired) electrons. The Hall–Kier alpha value is -11.2. The Kier molecular flexibility index (Phi) is 21.2. The predicted octanol–water partition coefficient (Wildman–Crippen LogP) is 12.9. The number of nitrogen functional groups attached to an aromatic ring is 4. The van der Waals surface area contributed by atoms with Crippen LogP contribution in [0.25, 0.3) is 87.7 Å². The smallest absolute Gasteiger partial charge is 0.143 e. The fraction of sp³-hybridized carbons (Fsp3) is 0.354. The van der Waals surface area contributed by atoms with E-state index in [0.29, 0.717) is 101 Å². The highest BCUT2D eigenvalue weighted by atomic mass is 79.9. The van der Waals surface area contributed by atoms with E-state index in [1.54, 1.807) is 24.5 Å². The molecule has 16 heterocycles. The van der Waals surface area contributed by atoms with Crippen LogP contribution in [0.1, 0.15) is 134 Å². The molecule has 4 aliphatic carbocycles. The van der Waals surface area contributed by atoms with Crippen molar-refractivity contribution in [1.29, 1.82) is 0 Å². The average molecular weight is 1850 g/mol. The van der Waals surface area contributed by atoms with E-state index < -0.39 is 70.5 Å². The quantitative estimate of drug-likeness (QED) is 0.0672. The SMILES string of the molecule is Cc1ncnc2c1ccn2C1CC2(COC(c3ccc4cc(Br)c(N)nc4c3)C2)C(O)C1O.Cc1ncnc2c1ccn2C1CC2(COC(c3ccc4ccc(N)nc4c3)C2)C(O)C1O.Nc1ccc2ccc(C3CC4(CO3)CC(n3ccc5cccnc53)C(O)C4O)cc2n1.Nc1nc2cc(C3CC4(CO3)CC(n3ccc5cccnc53)C(O)C4O)ccc2cc1Br. The zero-order chi connectivity index (χ0) is 88.1. The molecular formula is C96H96Br2N18O12. The van der Waals surface area contributed by atoms with E-state index in [1.807, 2.05) is 202 Å². The summed E-state index contributed by atoms with van der Waals surface area (Å²) < 4.78 is 34.2. The number of pyridine rings is 6. The maximum Gasteiger partial charge on any atom is 0.143 e. The minimum Gasteiger partial charge on any atom is -0.390 e. The molecule has 20 unspecified atom stereocenters. The number of aryl methyl sites for hydroxylation is 2. The number of ether oxygens (including phenoxy) is 4. The number of hydrogen-bond acceptors (Lipinski definition) is 26. The summed E-state index contributed by atoms with van der Waals surface area (Å²) in [5.41, 5.74) is 33.8. The van der Waals surface area contributed by atoms with Gasteiger partial charge in [0.2, 0.25) is 0 Å². The second-order valence-electron chi connectivity index (χ2n) is 36.4. The number of aliphatic hydroxyl groups is 8. The number of nitrogens with two attached hydrogens (primary N) is 4. The third kappa shape index (κ3) is 14.5. The van der Waals surface area contributed by atoms with E-state index in [-0.39, 0.29) is 48.6 Å². The van der Waals surface area contributed by atoms with Crippen molar-refractivity contribution in [3.8, 4) is 0 Å². The first kappa shape index (κ1) is 83.7. The van der Waals surface area contributed by atoms with E-state index in [0.717, 1.165) is 130 Å². The van der Waals surface area contributed by atoms with Gasteiger partial charge in [-0.15, -0.1) is 0 Å². The van der Waals surface area contributed by atoms with Crippen LogP contribution in [0.5, 0.6) is 0 Å². The van der Waals surface area contributed by atoms with Gasteiger partial charge >= 0.3 is 0 Å². The number of nitrogens with zero attached hydrogens (tertiary/aromatic N) is 14. The van der Waals surface area contributed by atoms with Gasteiger partial charge in [-0.25, -0.2) is 49.8 Å². The van der Waals surface area contributed by atoms with Crippen LogP contribution >= 0.6 is 31.9 Å². The van der Waals surface area contributed by atoms with Gasteiger partial charge in [0.1, 0.15) is 82.9 Å². The lowest BCUT2D eigenvalue weighted by Gasteiger charge is -2.26. The molecule has 4 aliphatic heterocycles. The van der Waals surface area contributed by atoms with Crippen LogP contribution in [0.4, 0.5) is 23.3 Å². The molecule has 128 heavy (non-hydrogen) atoms. The molecule has 30 nitrogen and oxygen atoms in total. The van der Waals surface area contributed by atoms with Gasteiger partial charge in [0.05, 0.1) is 142 Å². The lowest BCUT2D eigenvalue weighted by molar-refractivity contribution is -0.0309. The normalized spacial score (nSPS) is 30.1. The largest absolute Gasteiger partial charge is 0.390 e. The summed E-state index contributed by atoms with van der Waals surface area (Å²) in [6.07, 6.45) is 11.5. The van der Waals surface area contributed by atoms with Crippen molar-refractivity contribution in [2.75, 3.05) is 49.4 Å². The van der Waals surface area contributed by atoms with E-state index in [4.69, 9.17) is 41.9 Å². The maximum absolute atomic E-state index is 11.1. The highest BCUT2D eigenvalue weighted by molar-refractivity contribution is 9.11. The van der Waals surface area contributed by atoms with Crippen molar-refractivity contribution < 1.29 is 59.8 Å². The van der Waals surface area contributed by atoms with Gasteiger partial charge in [-0.2, -0.15) is 0 Å². The first-order valence-corrected chi connectivity index (χ1v) is 44.7. The summed E-state index contributed by atoms with van der Waals surface area (Å²) in [5.74, 6) is 1.86. The van der Waals surface area contributed by atoms with Crippen LogP contribution in [0, 0.1) is 35.5 Å². The Bertz CT molecular complexity index is 7000. The number of fused-ring (bicyclic) bond motifs is 8. The number of halogens is 2. The predicted molar refractivity (Wildman–Crippen MR) is 490 cm³/mol. The van der Waals surface area contributed by atoms with Gasteiger partial charge in [-0.05, 0) is 229 Å². The van der Waals surface area contributed by atoms with Crippen LogP contribution in [-0.2, 0) is 18.9 Å². The summed E-state index contributed by atoms with van der Waals surface area (Å²) in [4.78, 5) is 44.1. The topological polar surface area (TPSA) is 451 Å². The monoisotopic (exact) mass is 1850 g/mol. The van der Waals surface area contributed by atoms with Crippen molar-refractivity contribution >= 4 is 143 Å². The molecule has 656 valence electrons. The lowest BCUT2D eigenvalue weighted by Crippen LogP contribution is -2.37. The van der Waals surface area contributed by atoms with E-state index in [1.165, 1.54) is 12.7 Å². The molecule has 24 rings (SSSR count). The molecule has 4 saturated carbocycles. The summed E-state index contributed by atoms with van der Waals surface area (Å²) in [6.45, 7) is 5.46. The third-order valence-electron chi connectivity index (χ3n) is 28.9. The van der Waals surface area contributed by atoms with Crippen molar-refractivity contribution in [2.24, 2.45) is 21.7 Å². The Morgan fingerprint density at radius 3 is 0.977 bits per heavy atom. The van der Waals surface area contributed by atoms with Gasteiger partial charge in [0, 0.05) is 102 Å². The van der Waals surface area contributed by atoms with Crippen molar-refractivity contribution in [3.63, 3.8) is 0 Å². The maximum atomic E-state index is 11.1. The molecule has 20 atom stereocenters. The number of aliphatic hydroxyl groups excluding tert-OH is 8. The zero-order valence-corrected chi connectivity index (χ0v) is 73.1. The Balaban J connectivity index is 0.000000104. The molecule has 32 heteroatoms. The zero-order valence-electron chi connectivity index (χ0n) is 69.9. The molecular weight excluding hydrogens is 1760 g/mol. The summed E-state index contributed by atoms with van der Waals surface area (Å²) in [5, 5.41) is 96.4. The van der Waals surface area contributed by atoms with Gasteiger partial charge in [0.25, 0.3) is 0 Å². The minimum atomic E-state index is -0.909. The molecule has 8 aliphatic rings. The van der Waals surface area contributed by atoms with Crippen molar-refractivity contribution in [1.82, 2.24) is 68.1 Å². The van der Waals surface area contributed by atoms with Gasteiger partial charge < -0.3 is 101 Å². The summed E-state index contributed by atoms with van der Waals surface area (Å²) in [7, 11) is 0. The van der Waals surface area contributed by atoms with E-state index in [2.05, 4.69) is 81.7 Å². The van der Waals surface area contributed by atoms with Crippen molar-refractivity contribution in [2.45, 2.75) is 163 Å². The molecule has 16 N–H and O–H groups in total. The first-order valence-electron chi connectivity index (χ1n) is 43.1. The van der Waals surface area contributed by atoms with E-state index in [9.17, 15) is 40.9 Å². The van der Waals surface area contributed by atoms with Gasteiger partial charge in [-0.1, -0.05) is 48.5 Å². The van der Waals surface area contributed by atoms with Gasteiger partial charge in [-0.3, -0.25) is 0 Å². The minimum absolute atomic E-state index is 0.159. The van der Waals surface area contributed by atoms with Crippen LogP contribution in [-0.4, -0.2) is 184 Å². The molecule has 4 saturated heterocycles. The fourth-order valence-corrected chi connectivity index (χ4v) is 22.6. The van der Waals surface area contributed by atoms with Crippen LogP contribution in [0.15, 0.2) is 217 Å². The number of hydrogen-bond donors (Lipinski definition) is 12.